The van der Waals surface area contributed by atoms with Crippen LogP contribution in [0.4, 0.5) is 5.82 Å². The van der Waals surface area contributed by atoms with E-state index in [1.807, 2.05) is 0 Å². The molecule has 0 aromatic carbocycles. The highest BCUT2D eigenvalue weighted by Crippen LogP contribution is 2.12. The molecule has 1 aromatic rings. The molecular formula is C10H15Cl2N3O2. The number of rotatable bonds is 2. The second kappa shape index (κ2) is 7.32. The first-order valence-electron chi connectivity index (χ1n) is 4.92. The first-order chi connectivity index (χ1) is 7.27. The molecule has 2 heterocycles. The molecule has 0 bridgehead atoms. The molecule has 0 radical (unpaired) electrons. The maximum absolute atomic E-state index is 10.8. The zero-order chi connectivity index (χ0) is 10.7. The van der Waals surface area contributed by atoms with E-state index in [0.29, 0.717) is 5.56 Å². The fraction of sp³-hybridized carbons (Fsp3) is 0.400. The van der Waals surface area contributed by atoms with Crippen LogP contribution >= 0.6 is 24.8 Å². The number of carboxylic acid groups (broad SMARTS) is 1. The van der Waals surface area contributed by atoms with Crippen molar-refractivity contribution < 1.29 is 9.90 Å². The van der Waals surface area contributed by atoms with Crippen LogP contribution in [-0.4, -0.2) is 42.2 Å². The van der Waals surface area contributed by atoms with Crippen molar-refractivity contribution >= 4 is 36.6 Å². The molecular weight excluding hydrogens is 265 g/mol. The molecule has 0 aliphatic carbocycles. The number of aromatic nitrogens is 1. The number of carbonyl (C=O) groups is 1. The van der Waals surface area contributed by atoms with E-state index in [1.165, 1.54) is 6.07 Å². The molecule has 2 rings (SSSR count). The average molecular weight is 280 g/mol. The summed E-state index contributed by atoms with van der Waals surface area (Å²) in [6, 6.07) is 3.13. The standard InChI is InChI=1S/C10H13N3O2.2ClH/c14-10(15)8-1-2-12-9(7-8)13-5-3-11-4-6-13;;/h1-2,7,11H,3-6H2,(H,14,15);2*1H. The summed E-state index contributed by atoms with van der Waals surface area (Å²) in [5, 5.41) is 12.1. The summed E-state index contributed by atoms with van der Waals surface area (Å²) in [5.41, 5.74) is 0.290. The zero-order valence-electron chi connectivity index (χ0n) is 9.13. The third-order valence-corrected chi connectivity index (χ3v) is 2.43. The van der Waals surface area contributed by atoms with Crippen molar-refractivity contribution in [2.24, 2.45) is 0 Å². The van der Waals surface area contributed by atoms with Crippen molar-refractivity contribution in [2.45, 2.75) is 0 Å². The number of hydrogen-bond acceptors (Lipinski definition) is 4. The monoisotopic (exact) mass is 279 g/mol. The van der Waals surface area contributed by atoms with Gasteiger partial charge in [-0.15, -0.1) is 24.8 Å². The van der Waals surface area contributed by atoms with Crippen molar-refractivity contribution in [1.29, 1.82) is 0 Å². The van der Waals surface area contributed by atoms with Gasteiger partial charge < -0.3 is 15.3 Å². The second-order valence-electron chi connectivity index (χ2n) is 3.44. The van der Waals surface area contributed by atoms with Gasteiger partial charge in [0.2, 0.25) is 0 Å². The lowest BCUT2D eigenvalue weighted by Gasteiger charge is -2.28. The predicted octanol–water partition coefficient (Wildman–Crippen LogP) is 1.03. The Labute approximate surface area is 112 Å². The number of piperazine rings is 1. The van der Waals surface area contributed by atoms with Gasteiger partial charge in [0.1, 0.15) is 5.82 Å². The van der Waals surface area contributed by atoms with Crippen molar-refractivity contribution in [3.8, 4) is 0 Å². The second-order valence-corrected chi connectivity index (χ2v) is 3.44. The van der Waals surface area contributed by atoms with Crippen molar-refractivity contribution in [3.05, 3.63) is 23.9 Å². The predicted molar refractivity (Wildman–Crippen MR) is 70.8 cm³/mol. The molecule has 17 heavy (non-hydrogen) atoms. The summed E-state index contributed by atoms with van der Waals surface area (Å²) >= 11 is 0. The minimum atomic E-state index is -0.909. The number of carboxylic acids is 1. The lowest BCUT2D eigenvalue weighted by molar-refractivity contribution is 0.0697. The number of halogens is 2. The molecule has 0 unspecified atom stereocenters. The first kappa shape index (κ1) is 16.0. The van der Waals surface area contributed by atoms with Gasteiger partial charge in [-0.1, -0.05) is 0 Å². The van der Waals surface area contributed by atoms with Crippen LogP contribution in [0.15, 0.2) is 18.3 Å². The van der Waals surface area contributed by atoms with E-state index in [2.05, 4.69) is 15.2 Å². The number of hydrogen-bond donors (Lipinski definition) is 2. The minimum absolute atomic E-state index is 0. The van der Waals surface area contributed by atoms with Gasteiger partial charge in [-0.2, -0.15) is 0 Å². The zero-order valence-corrected chi connectivity index (χ0v) is 10.8. The maximum Gasteiger partial charge on any atom is 0.335 e. The van der Waals surface area contributed by atoms with E-state index in [1.54, 1.807) is 12.3 Å². The lowest BCUT2D eigenvalue weighted by atomic mass is 10.2. The van der Waals surface area contributed by atoms with E-state index in [0.717, 1.165) is 32.0 Å². The largest absolute Gasteiger partial charge is 0.478 e. The molecule has 1 aromatic heterocycles. The summed E-state index contributed by atoms with van der Waals surface area (Å²) in [6.07, 6.45) is 1.54. The summed E-state index contributed by atoms with van der Waals surface area (Å²) in [5.74, 6) is -0.162. The Bertz CT molecular complexity index is 370. The quantitative estimate of drug-likeness (QED) is 0.847. The number of aromatic carboxylic acids is 1. The molecule has 1 fully saturated rings. The molecule has 0 amide bonds. The normalized spacial score (nSPS) is 14.5. The van der Waals surface area contributed by atoms with Crippen LogP contribution in [-0.2, 0) is 0 Å². The smallest absolute Gasteiger partial charge is 0.335 e. The summed E-state index contributed by atoms with van der Waals surface area (Å²) in [7, 11) is 0. The molecule has 1 aliphatic rings. The number of nitrogens with one attached hydrogen (secondary N) is 1. The summed E-state index contributed by atoms with van der Waals surface area (Å²) in [4.78, 5) is 17.0. The Morgan fingerprint density at radius 1 is 1.35 bits per heavy atom. The van der Waals surface area contributed by atoms with Crippen LogP contribution in [0.5, 0.6) is 0 Å². The fourth-order valence-corrected chi connectivity index (χ4v) is 1.62. The van der Waals surface area contributed by atoms with Gasteiger partial charge in [0, 0.05) is 32.4 Å². The third kappa shape index (κ3) is 4.03. The van der Waals surface area contributed by atoms with Gasteiger partial charge in [0.05, 0.1) is 5.56 Å². The lowest BCUT2D eigenvalue weighted by Crippen LogP contribution is -2.43. The number of pyridine rings is 1. The van der Waals surface area contributed by atoms with Crippen LogP contribution in [0.25, 0.3) is 0 Å². The van der Waals surface area contributed by atoms with Crippen molar-refractivity contribution in [1.82, 2.24) is 10.3 Å². The Hall–Kier alpha value is -1.04. The Balaban J connectivity index is 0.00000128. The van der Waals surface area contributed by atoms with Crippen LogP contribution in [0.3, 0.4) is 0 Å². The van der Waals surface area contributed by atoms with Gasteiger partial charge in [-0.25, -0.2) is 9.78 Å². The van der Waals surface area contributed by atoms with E-state index >= 15 is 0 Å². The van der Waals surface area contributed by atoms with Gasteiger partial charge in [0.15, 0.2) is 0 Å². The molecule has 2 N–H and O–H groups in total. The molecule has 1 aliphatic heterocycles. The summed E-state index contributed by atoms with van der Waals surface area (Å²) < 4.78 is 0. The number of nitrogens with zero attached hydrogens (tertiary/aromatic N) is 2. The van der Waals surface area contributed by atoms with E-state index in [9.17, 15) is 4.79 Å². The van der Waals surface area contributed by atoms with Crippen molar-refractivity contribution in [3.63, 3.8) is 0 Å². The average Bonchev–Trinajstić information content (AvgIpc) is 2.30. The fourth-order valence-electron chi connectivity index (χ4n) is 1.62. The Morgan fingerprint density at radius 3 is 2.59 bits per heavy atom. The van der Waals surface area contributed by atoms with Crippen LogP contribution in [0.1, 0.15) is 10.4 Å². The molecule has 5 nitrogen and oxygen atoms in total. The maximum atomic E-state index is 10.8. The molecule has 96 valence electrons. The topological polar surface area (TPSA) is 65.5 Å². The Morgan fingerprint density at radius 2 is 2.00 bits per heavy atom. The molecule has 7 heteroatoms. The summed E-state index contributed by atoms with van der Waals surface area (Å²) in [6.45, 7) is 3.57. The highest BCUT2D eigenvalue weighted by molar-refractivity contribution is 5.88. The van der Waals surface area contributed by atoms with Gasteiger partial charge in [0.25, 0.3) is 0 Å². The van der Waals surface area contributed by atoms with Gasteiger partial charge in [-0.05, 0) is 12.1 Å². The third-order valence-electron chi connectivity index (χ3n) is 2.43. The van der Waals surface area contributed by atoms with E-state index in [-0.39, 0.29) is 24.8 Å². The van der Waals surface area contributed by atoms with Gasteiger partial charge >= 0.3 is 5.97 Å². The molecule has 0 atom stereocenters. The SMILES string of the molecule is Cl.Cl.O=C(O)c1ccnc(N2CCNCC2)c1. The molecule has 0 spiro atoms. The van der Waals surface area contributed by atoms with Gasteiger partial charge in [-0.3, -0.25) is 0 Å². The van der Waals surface area contributed by atoms with Crippen LogP contribution in [0, 0.1) is 0 Å². The van der Waals surface area contributed by atoms with Crippen LogP contribution < -0.4 is 10.2 Å². The minimum Gasteiger partial charge on any atom is -0.478 e. The molecule has 1 saturated heterocycles. The highest BCUT2D eigenvalue weighted by Gasteiger charge is 2.13. The van der Waals surface area contributed by atoms with Crippen molar-refractivity contribution in [2.75, 3.05) is 31.1 Å². The molecule has 0 saturated carbocycles. The van der Waals surface area contributed by atoms with Crippen LogP contribution in [0.2, 0.25) is 0 Å². The number of anilines is 1. The van der Waals surface area contributed by atoms with E-state index < -0.39 is 5.97 Å². The first-order valence-corrected chi connectivity index (χ1v) is 4.92. The highest BCUT2D eigenvalue weighted by atomic mass is 35.5. The van der Waals surface area contributed by atoms with E-state index in [4.69, 9.17) is 5.11 Å². The Kier molecular flexibility index (Phi) is 6.87.